The van der Waals surface area contributed by atoms with E-state index in [-0.39, 0.29) is 29.9 Å². The molecule has 1 unspecified atom stereocenters. The van der Waals surface area contributed by atoms with E-state index in [0.717, 1.165) is 49.1 Å². The number of hydrogen-bond donors (Lipinski definition) is 2. The van der Waals surface area contributed by atoms with Gasteiger partial charge in [-0.1, -0.05) is 19.9 Å². The second kappa shape index (κ2) is 13.3. The van der Waals surface area contributed by atoms with Gasteiger partial charge in [0.15, 0.2) is 5.65 Å². The molecule has 0 bridgehead atoms. The Morgan fingerprint density at radius 2 is 1.84 bits per heavy atom. The van der Waals surface area contributed by atoms with Crippen LogP contribution in [0, 0.1) is 5.92 Å². The van der Waals surface area contributed by atoms with Gasteiger partial charge in [-0.25, -0.2) is 9.78 Å². The van der Waals surface area contributed by atoms with Crippen LogP contribution in [0.2, 0.25) is 0 Å². The third-order valence-corrected chi connectivity index (χ3v) is 7.91. The standard InChI is InChI=1S/C31H45N9O4/c1-20(2)24-18-34-40-26(24)36-29(43-23-11-14-38(6)15-12-23)37-28(40)33-17-21-9-10-25(32-16-21)35-27(41)22-8-7-13-39(19-22)30(42)44-31(3,4)5/h9-10,16,18,20,22-23H,7-8,11-15,17,19H2,1-6H3,(H,32,35,41)(H,33,36,37). The zero-order valence-electron chi connectivity index (χ0n) is 26.7. The van der Waals surface area contributed by atoms with Crippen LogP contribution in [0.15, 0.2) is 24.5 Å². The van der Waals surface area contributed by atoms with Crippen LogP contribution in [0.4, 0.5) is 16.6 Å². The highest BCUT2D eigenvalue weighted by Gasteiger charge is 2.31. The van der Waals surface area contributed by atoms with Crippen molar-refractivity contribution in [1.82, 2.24) is 34.4 Å². The number of fused-ring (bicyclic) bond motifs is 1. The minimum Gasteiger partial charge on any atom is -0.460 e. The first kappa shape index (κ1) is 31.4. The molecule has 44 heavy (non-hydrogen) atoms. The van der Waals surface area contributed by atoms with E-state index in [1.807, 2.05) is 33.0 Å². The number of hydrogen-bond acceptors (Lipinski definition) is 10. The lowest BCUT2D eigenvalue weighted by Crippen LogP contribution is -2.45. The summed E-state index contributed by atoms with van der Waals surface area (Å²) in [6.07, 6.45) is 6.55. The smallest absolute Gasteiger partial charge is 0.410 e. The summed E-state index contributed by atoms with van der Waals surface area (Å²) in [5.74, 6) is 0.758. The number of amides is 2. The van der Waals surface area contributed by atoms with E-state index in [0.29, 0.717) is 43.8 Å². The number of anilines is 2. The Bertz CT molecular complexity index is 1440. The molecule has 3 aromatic rings. The van der Waals surface area contributed by atoms with E-state index >= 15 is 0 Å². The summed E-state index contributed by atoms with van der Waals surface area (Å²) >= 11 is 0. The number of rotatable bonds is 8. The van der Waals surface area contributed by atoms with Crippen molar-refractivity contribution in [3.8, 4) is 6.01 Å². The molecule has 5 rings (SSSR count). The van der Waals surface area contributed by atoms with Gasteiger partial charge < -0.3 is 29.9 Å². The van der Waals surface area contributed by atoms with Crippen molar-refractivity contribution in [1.29, 1.82) is 0 Å². The van der Waals surface area contributed by atoms with E-state index in [4.69, 9.17) is 14.5 Å². The van der Waals surface area contributed by atoms with Gasteiger partial charge in [-0.05, 0) is 71.0 Å². The largest absolute Gasteiger partial charge is 0.460 e. The minimum atomic E-state index is -0.579. The van der Waals surface area contributed by atoms with E-state index in [1.54, 1.807) is 21.7 Å². The topological polar surface area (TPSA) is 139 Å². The van der Waals surface area contributed by atoms with Crippen LogP contribution in [0.5, 0.6) is 6.01 Å². The van der Waals surface area contributed by atoms with E-state index in [2.05, 4.69) is 51.5 Å². The molecule has 13 nitrogen and oxygen atoms in total. The summed E-state index contributed by atoms with van der Waals surface area (Å²) in [5.41, 5.74) is 2.07. The van der Waals surface area contributed by atoms with Gasteiger partial charge in [0.05, 0.1) is 12.1 Å². The molecule has 5 heterocycles. The Morgan fingerprint density at radius 1 is 1.07 bits per heavy atom. The number of ether oxygens (including phenoxy) is 2. The molecule has 0 aliphatic carbocycles. The number of carbonyl (C=O) groups is 2. The maximum absolute atomic E-state index is 13.0. The molecule has 13 heteroatoms. The fourth-order valence-corrected chi connectivity index (χ4v) is 5.40. The van der Waals surface area contributed by atoms with Crippen LogP contribution in [0.25, 0.3) is 5.65 Å². The lowest BCUT2D eigenvalue weighted by molar-refractivity contribution is -0.121. The second-order valence-electron chi connectivity index (χ2n) is 13.1. The Balaban J connectivity index is 1.21. The number of piperidine rings is 2. The Labute approximate surface area is 258 Å². The molecule has 0 radical (unpaired) electrons. The van der Waals surface area contributed by atoms with Crippen molar-refractivity contribution in [2.24, 2.45) is 5.92 Å². The number of carbonyl (C=O) groups excluding carboxylic acids is 2. The summed E-state index contributed by atoms with van der Waals surface area (Å²) in [5, 5.41) is 10.8. The predicted octanol–water partition coefficient (Wildman–Crippen LogP) is 4.31. The molecule has 2 N–H and O–H groups in total. The average Bonchev–Trinajstić information content (AvgIpc) is 3.42. The van der Waals surface area contributed by atoms with Gasteiger partial charge in [0.25, 0.3) is 0 Å². The van der Waals surface area contributed by atoms with Crippen LogP contribution in [0.3, 0.4) is 0 Å². The fourth-order valence-electron chi connectivity index (χ4n) is 5.40. The molecular weight excluding hydrogens is 562 g/mol. The minimum absolute atomic E-state index is 0.0767. The molecule has 2 fully saturated rings. The molecule has 0 spiro atoms. The van der Waals surface area contributed by atoms with Crippen molar-refractivity contribution in [3.05, 3.63) is 35.7 Å². The van der Waals surface area contributed by atoms with Crippen LogP contribution in [0.1, 0.15) is 77.3 Å². The molecule has 238 valence electrons. The van der Waals surface area contributed by atoms with E-state index < -0.39 is 5.60 Å². The van der Waals surface area contributed by atoms with Gasteiger partial charge in [-0.3, -0.25) is 4.79 Å². The lowest BCUT2D eigenvalue weighted by atomic mass is 9.97. The first-order valence-corrected chi connectivity index (χ1v) is 15.5. The molecule has 0 saturated carbocycles. The molecule has 3 aromatic heterocycles. The number of nitrogens with zero attached hydrogens (tertiary/aromatic N) is 7. The van der Waals surface area contributed by atoms with Gasteiger partial charge >= 0.3 is 12.1 Å². The molecule has 2 aliphatic rings. The number of pyridine rings is 1. The Morgan fingerprint density at radius 3 is 2.52 bits per heavy atom. The first-order valence-electron chi connectivity index (χ1n) is 15.5. The molecule has 2 aliphatic heterocycles. The SMILES string of the molecule is CC(C)c1cnn2c(NCc3ccc(NC(=O)C4CCCN(C(=O)OC(C)(C)C)C4)nc3)nc(OC3CCN(C)CC3)nc12. The van der Waals surface area contributed by atoms with Gasteiger partial charge in [-0.15, -0.1) is 0 Å². The van der Waals surface area contributed by atoms with Gasteiger partial charge in [-0.2, -0.15) is 19.6 Å². The maximum atomic E-state index is 13.0. The number of nitrogens with one attached hydrogen (secondary N) is 2. The zero-order valence-corrected chi connectivity index (χ0v) is 26.7. The normalized spacial score (nSPS) is 18.4. The first-order chi connectivity index (χ1) is 20.9. The van der Waals surface area contributed by atoms with Crippen molar-refractivity contribution in [2.45, 2.75) is 84.5 Å². The van der Waals surface area contributed by atoms with Crippen molar-refractivity contribution < 1.29 is 19.1 Å². The molecule has 2 amide bonds. The van der Waals surface area contributed by atoms with E-state index in [9.17, 15) is 9.59 Å². The Kier molecular flexibility index (Phi) is 9.52. The van der Waals surface area contributed by atoms with Crippen molar-refractivity contribution >= 4 is 29.4 Å². The average molecular weight is 608 g/mol. The number of likely N-dealkylation sites (tertiary alicyclic amines) is 2. The molecular formula is C31H45N9O4. The van der Waals surface area contributed by atoms with Gasteiger partial charge in [0.2, 0.25) is 11.9 Å². The van der Waals surface area contributed by atoms with E-state index in [1.165, 1.54) is 0 Å². The van der Waals surface area contributed by atoms with Crippen molar-refractivity contribution in [3.63, 3.8) is 0 Å². The Hall–Kier alpha value is -4.00. The van der Waals surface area contributed by atoms with Crippen LogP contribution < -0.4 is 15.4 Å². The highest BCUT2D eigenvalue weighted by molar-refractivity contribution is 5.92. The maximum Gasteiger partial charge on any atom is 0.410 e. The van der Waals surface area contributed by atoms with Gasteiger partial charge in [0, 0.05) is 44.5 Å². The predicted molar refractivity (Wildman–Crippen MR) is 167 cm³/mol. The summed E-state index contributed by atoms with van der Waals surface area (Å²) in [6, 6.07) is 4.03. The third-order valence-electron chi connectivity index (χ3n) is 7.91. The highest BCUT2D eigenvalue weighted by Crippen LogP contribution is 2.25. The summed E-state index contributed by atoms with van der Waals surface area (Å²) in [6.45, 7) is 13.0. The fraction of sp³-hybridized carbons (Fsp3) is 0.613. The van der Waals surface area contributed by atoms with Crippen LogP contribution >= 0.6 is 0 Å². The second-order valence-corrected chi connectivity index (χ2v) is 13.1. The third kappa shape index (κ3) is 7.93. The summed E-state index contributed by atoms with van der Waals surface area (Å²) < 4.78 is 13.4. The number of aromatic nitrogens is 5. The monoisotopic (exact) mass is 607 g/mol. The summed E-state index contributed by atoms with van der Waals surface area (Å²) in [7, 11) is 2.12. The highest BCUT2D eigenvalue weighted by atomic mass is 16.6. The lowest BCUT2D eigenvalue weighted by Gasteiger charge is -2.33. The van der Waals surface area contributed by atoms with Gasteiger partial charge in [0.1, 0.15) is 17.5 Å². The van der Waals surface area contributed by atoms with Crippen LogP contribution in [-0.4, -0.2) is 91.3 Å². The van der Waals surface area contributed by atoms with Crippen molar-refractivity contribution in [2.75, 3.05) is 43.9 Å². The molecule has 0 aromatic carbocycles. The zero-order chi connectivity index (χ0) is 31.4. The molecule has 2 saturated heterocycles. The molecule has 1 atom stereocenters. The summed E-state index contributed by atoms with van der Waals surface area (Å²) in [4.78, 5) is 43.3. The quantitative estimate of drug-likeness (QED) is 0.381. The van der Waals surface area contributed by atoms with Crippen LogP contribution in [-0.2, 0) is 16.1 Å².